The summed E-state index contributed by atoms with van der Waals surface area (Å²) in [5.74, 6) is 0. The van der Waals surface area contributed by atoms with Crippen molar-refractivity contribution in [3.63, 3.8) is 0 Å². The minimum Gasteiger partial charge on any atom is -0.381 e. The number of nitrogens with one attached hydrogen (secondary N) is 1. The predicted molar refractivity (Wildman–Crippen MR) is 78.4 cm³/mol. The van der Waals surface area contributed by atoms with Crippen LogP contribution in [0.5, 0.6) is 0 Å². The van der Waals surface area contributed by atoms with E-state index in [0.29, 0.717) is 0 Å². The van der Waals surface area contributed by atoms with Crippen LogP contribution in [0, 0.1) is 3.57 Å². The first-order valence-corrected chi connectivity index (χ1v) is 6.70. The maximum Gasteiger partial charge on any atom is 0.0416 e. The third-order valence-corrected chi connectivity index (χ3v) is 3.19. The molecule has 0 aliphatic carbocycles. The highest BCUT2D eigenvalue weighted by atomic mass is 127. The van der Waals surface area contributed by atoms with E-state index in [9.17, 15) is 0 Å². The van der Waals surface area contributed by atoms with Crippen molar-refractivity contribution in [3.8, 4) is 0 Å². The second-order valence-corrected chi connectivity index (χ2v) is 5.54. The van der Waals surface area contributed by atoms with Crippen molar-refractivity contribution in [2.45, 2.75) is 6.54 Å². The maximum absolute atomic E-state index is 4.13. The molecule has 82 valence electrons. The molecule has 0 unspecified atom stereocenters. The standard InChI is InChI=1S/C12H10BrIN2/c13-10-4-9(6-15-8-10)7-16-12-3-1-2-11(14)5-12/h1-6,8,16H,7H2. The maximum atomic E-state index is 4.13. The van der Waals surface area contributed by atoms with E-state index in [2.05, 4.69) is 73.1 Å². The number of nitrogens with zero attached hydrogens (tertiary/aromatic N) is 1. The molecular formula is C12H10BrIN2. The monoisotopic (exact) mass is 388 g/mol. The lowest BCUT2D eigenvalue weighted by molar-refractivity contribution is 1.11. The Bertz CT molecular complexity index is 442. The fraction of sp³-hybridized carbons (Fsp3) is 0.0833. The lowest BCUT2D eigenvalue weighted by atomic mass is 10.2. The quantitative estimate of drug-likeness (QED) is 0.802. The number of rotatable bonds is 3. The van der Waals surface area contributed by atoms with Crippen molar-refractivity contribution >= 4 is 44.2 Å². The first kappa shape index (κ1) is 11.9. The normalized spacial score (nSPS) is 10.1. The highest BCUT2D eigenvalue weighted by Gasteiger charge is 1.96. The molecule has 2 nitrogen and oxygen atoms in total. The number of hydrogen-bond donors (Lipinski definition) is 1. The molecule has 0 aliphatic heterocycles. The van der Waals surface area contributed by atoms with Gasteiger partial charge >= 0.3 is 0 Å². The molecule has 4 heteroatoms. The summed E-state index contributed by atoms with van der Waals surface area (Å²) >= 11 is 5.71. The number of pyridine rings is 1. The third-order valence-electron chi connectivity index (χ3n) is 2.08. The van der Waals surface area contributed by atoms with Crippen LogP contribution in [-0.4, -0.2) is 4.98 Å². The highest BCUT2D eigenvalue weighted by Crippen LogP contribution is 2.14. The Labute approximate surface area is 117 Å². The van der Waals surface area contributed by atoms with Gasteiger partial charge in [-0.15, -0.1) is 0 Å². The fourth-order valence-corrected chi connectivity index (χ4v) is 2.31. The van der Waals surface area contributed by atoms with Crippen LogP contribution in [0.3, 0.4) is 0 Å². The zero-order chi connectivity index (χ0) is 11.4. The van der Waals surface area contributed by atoms with E-state index in [-0.39, 0.29) is 0 Å². The Morgan fingerprint density at radius 3 is 2.88 bits per heavy atom. The van der Waals surface area contributed by atoms with Crippen molar-refractivity contribution in [1.29, 1.82) is 0 Å². The third kappa shape index (κ3) is 3.45. The van der Waals surface area contributed by atoms with E-state index in [1.54, 1.807) is 6.20 Å². The van der Waals surface area contributed by atoms with Crippen LogP contribution in [0.4, 0.5) is 5.69 Å². The Kier molecular flexibility index (Phi) is 4.17. The minimum absolute atomic E-state index is 0.784. The summed E-state index contributed by atoms with van der Waals surface area (Å²) in [6.07, 6.45) is 3.65. The van der Waals surface area contributed by atoms with E-state index < -0.39 is 0 Å². The lowest BCUT2D eigenvalue weighted by Gasteiger charge is -2.06. The minimum atomic E-state index is 0.784. The number of anilines is 1. The average Bonchev–Trinajstić information content (AvgIpc) is 2.27. The van der Waals surface area contributed by atoms with Gasteiger partial charge in [0.2, 0.25) is 0 Å². The molecule has 2 rings (SSSR count). The summed E-state index contributed by atoms with van der Waals surface area (Å²) in [7, 11) is 0. The van der Waals surface area contributed by atoms with Gasteiger partial charge in [-0.2, -0.15) is 0 Å². The van der Waals surface area contributed by atoms with Crippen LogP contribution >= 0.6 is 38.5 Å². The first-order chi connectivity index (χ1) is 7.74. The molecule has 1 N–H and O–H groups in total. The smallest absolute Gasteiger partial charge is 0.0416 e. The van der Waals surface area contributed by atoms with Crippen LogP contribution in [0.1, 0.15) is 5.56 Å². The molecule has 16 heavy (non-hydrogen) atoms. The molecule has 1 aromatic heterocycles. The van der Waals surface area contributed by atoms with Crippen LogP contribution in [0.15, 0.2) is 47.2 Å². The number of benzene rings is 1. The van der Waals surface area contributed by atoms with Crippen LogP contribution in [0.25, 0.3) is 0 Å². The first-order valence-electron chi connectivity index (χ1n) is 4.83. The Hall–Kier alpha value is -0.620. The van der Waals surface area contributed by atoms with Gasteiger partial charge in [-0.3, -0.25) is 4.98 Å². The predicted octanol–water partition coefficient (Wildman–Crippen LogP) is 4.06. The van der Waals surface area contributed by atoms with Crippen LogP contribution in [0.2, 0.25) is 0 Å². The van der Waals surface area contributed by atoms with Gasteiger partial charge in [0.25, 0.3) is 0 Å². The van der Waals surface area contributed by atoms with Crippen molar-refractivity contribution in [2.75, 3.05) is 5.32 Å². The van der Waals surface area contributed by atoms with Crippen molar-refractivity contribution in [1.82, 2.24) is 4.98 Å². The van der Waals surface area contributed by atoms with Crippen molar-refractivity contribution in [2.24, 2.45) is 0 Å². The van der Waals surface area contributed by atoms with Gasteiger partial charge in [0.1, 0.15) is 0 Å². The number of halogens is 2. The van der Waals surface area contributed by atoms with E-state index in [0.717, 1.165) is 22.3 Å². The second-order valence-electron chi connectivity index (χ2n) is 3.38. The molecule has 0 radical (unpaired) electrons. The van der Waals surface area contributed by atoms with Gasteiger partial charge in [0.15, 0.2) is 0 Å². The Balaban J connectivity index is 2.02. The molecule has 0 saturated carbocycles. The molecule has 0 atom stereocenters. The molecule has 0 spiro atoms. The van der Waals surface area contributed by atoms with Crippen molar-refractivity contribution in [3.05, 3.63) is 56.3 Å². The van der Waals surface area contributed by atoms with Gasteiger partial charge in [0.05, 0.1) is 0 Å². The summed E-state index contributed by atoms with van der Waals surface area (Å²) in [4.78, 5) is 4.13. The van der Waals surface area contributed by atoms with Gasteiger partial charge in [-0.1, -0.05) is 6.07 Å². The highest BCUT2D eigenvalue weighted by molar-refractivity contribution is 14.1. The van der Waals surface area contributed by atoms with Crippen molar-refractivity contribution < 1.29 is 0 Å². The van der Waals surface area contributed by atoms with E-state index in [1.165, 1.54) is 3.57 Å². The second kappa shape index (κ2) is 5.63. The van der Waals surface area contributed by atoms with Gasteiger partial charge in [-0.25, -0.2) is 0 Å². The lowest BCUT2D eigenvalue weighted by Crippen LogP contribution is -1.99. The molecule has 0 amide bonds. The van der Waals surface area contributed by atoms with E-state index in [4.69, 9.17) is 0 Å². The average molecular weight is 389 g/mol. The molecule has 0 bridgehead atoms. The van der Waals surface area contributed by atoms with Crippen LogP contribution < -0.4 is 5.32 Å². The Morgan fingerprint density at radius 1 is 1.25 bits per heavy atom. The fourth-order valence-electron chi connectivity index (χ4n) is 1.36. The summed E-state index contributed by atoms with van der Waals surface area (Å²) in [5, 5.41) is 3.36. The van der Waals surface area contributed by atoms with Gasteiger partial charge in [0, 0.05) is 32.7 Å². The van der Waals surface area contributed by atoms with Gasteiger partial charge < -0.3 is 5.32 Å². The summed E-state index contributed by atoms with van der Waals surface area (Å²) in [5.41, 5.74) is 2.29. The molecule has 1 aromatic carbocycles. The molecule has 0 saturated heterocycles. The summed E-state index contributed by atoms with van der Waals surface area (Å²) < 4.78 is 2.24. The SMILES string of the molecule is Brc1cncc(CNc2cccc(I)c2)c1. The van der Waals surface area contributed by atoms with E-state index >= 15 is 0 Å². The number of hydrogen-bond acceptors (Lipinski definition) is 2. The zero-order valence-corrected chi connectivity index (χ0v) is 12.2. The molecule has 2 aromatic rings. The topological polar surface area (TPSA) is 24.9 Å². The summed E-state index contributed by atoms with van der Waals surface area (Å²) in [6, 6.07) is 10.4. The van der Waals surface area contributed by atoms with Crippen LogP contribution in [-0.2, 0) is 6.54 Å². The van der Waals surface area contributed by atoms with Gasteiger partial charge in [-0.05, 0) is 68.3 Å². The van der Waals surface area contributed by atoms with E-state index in [1.807, 2.05) is 12.3 Å². The summed E-state index contributed by atoms with van der Waals surface area (Å²) in [6.45, 7) is 0.784. The molecular weight excluding hydrogens is 379 g/mol. The zero-order valence-electron chi connectivity index (χ0n) is 8.45. The molecule has 0 fully saturated rings. The molecule has 1 heterocycles. The molecule has 0 aliphatic rings. The largest absolute Gasteiger partial charge is 0.381 e. The Morgan fingerprint density at radius 2 is 2.12 bits per heavy atom. The number of aromatic nitrogens is 1.